The summed E-state index contributed by atoms with van der Waals surface area (Å²) >= 11 is 0. The fourth-order valence-corrected chi connectivity index (χ4v) is 4.69. The minimum atomic E-state index is -4.18. The first-order valence-corrected chi connectivity index (χ1v) is 8.18. The molecule has 1 heterocycles. The highest BCUT2D eigenvalue weighted by Gasteiger charge is 2.39. The van der Waals surface area contributed by atoms with Crippen LogP contribution in [-0.2, 0) is 14.8 Å². The lowest BCUT2D eigenvalue weighted by molar-refractivity contribution is -0.142. The summed E-state index contributed by atoms with van der Waals surface area (Å²) in [5, 5.41) is 18.3. The zero-order valence-corrected chi connectivity index (χ0v) is 12.7. The van der Waals surface area contributed by atoms with Gasteiger partial charge in [0.25, 0.3) is 0 Å². The van der Waals surface area contributed by atoms with Gasteiger partial charge in [0.1, 0.15) is 22.8 Å². The van der Waals surface area contributed by atoms with E-state index < -0.39 is 27.9 Å². The predicted molar refractivity (Wildman–Crippen MR) is 75.0 cm³/mol. The van der Waals surface area contributed by atoms with Crippen molar-refractivity contribution in [3.05, 3.63) is 29.1 Å². The molecule has 0 radical (unpaired) electrons. The maximum absolute atomic E-state index is 13.4. The number of carboxylic acid groups (broad SMARTS) is 1. The molecule has 1 aliphatic heterocycles. The highest BCUT2D eigenvalue weighted by atomic mass is 32.2. The Kier molecular flexibility index (Phi) is 4.49. The highest BCUT2D eigenvalue weighted by molar-refractivity contribution is 7.89. The van der Waals surface area contributed by atoms with Crippen LogP contribution in [0.1, 0.15) is 30.4 Å². The Morgan fingerprint density at radius 2 is 2.14 bits per heavy atom. The monoisotopic (exact) mass is 326 g/mol. The molecule has 8 heteroatoms. The van der Waals surface area contributed by atoms with Crippen molar-refractivity contribution in [3.63, 3.8) is 0 Å². The summed E-state index contributed by atoms with van der Waals surface area (Å²) in [7, 11) is -4.18. The third kappa shape index (κ3) is 2.82. The Hall–Kier alpha value is -1.98. The number of halogens is 1. The smallest absolute Gasteiger partial charge is 0.322 e. The number of benzene rings is 1. The van der Waals surface area contributed by atoms with E-state index in [1.54, 1.807) is 6.07 Å². The molecule has 1 aromatic rings. The van der Waals surface area contributed by atoms with Gasteiger partial charge in [0.05, 0.1) is 5.56 Å². The van der Waals surface area contributed by atoms with Crippen molar-refractivity contribution in [2.45, 2.75) is 37.1 Å². The Morgan fingerprint density at radius 1 is 1.45 bits per heavy atom. The van der Waals surface area contributed by atoms with E-state index in [0.29, 0.717) is 12.8 Å². The second-order valence-electron chi connectivity index (χ2n) is 5.18. The largest absolute Gasteiger partial charge is 0.480 e. The van der Waals surface area contributed by atoms with Gasteiger partial charge in [0.2, 0.25) is 10.0 Å². The molecule has 1 aromatic carbocycles. The molecule has 1 atom stereocenters. The van der Waals surface area contributed by atoms with E-state index in [0.717, 1.165) is 16.4 Å². The number of aliphatic carboxylic acids is 1. The van der Waals surface area contributed by atoms with Crippen LogP contribution in [0.25, 0.3) is 0 Å². The molecule has 1 N–H and O–H groups in total. The number of hydrogen-bond acceptors (Lipinski definition) is 4. The number of sulfonamides is 1. The summed E-state index contributed by atoms with van der Waals surface area (Å²) in [6, 6.07) is 2.38. The van der Waals surface area contributed by atoms with Crippen LogP contribution >= 0.6 is 0 Å². The van der Waals surface area contributed by atoms with Gasteiger partial charge in [-0.1, -0.05) is 0 Å². The van der Waals surface area contributed by atoms with E-state index in [-0.39, 0.29) is 29.0 Å². The first kappa shape index (κ1) is 16.4. The van der Waals surface area contributed by atoms with Crippen LogP contribution in [0.5, 0.6) is 0 Å². The van der Waals surface area contributed by atoms with E-state index in [1.165, 1.54) is 6.92 Å². The number of nitriles is 1. The first-order valence-electron chi connectivity index (χ1n) is 6.74. The number of nitrogens with zero attached hydrogens (tertiary/aromatic N) is 2. The number of rotatable bonds is 3. The summed E-state index contributed by atoms with van der Waals surface area (Å²) in [4.78, 5) is 11.0. The summed E-state index contributed by atoms with van der Waals surface area (Å²) in [6.07, 6.45) is 1.39. The van der Waals surface area contributed by atoms with Gasteiger partial charge in [-0.05, 0) is 43.9 Å². The molecule has 0 bridgehead atoms. The number of aryl methyl sites for hydroxylation is 1. The van der Waals surface area contributed by atoms with Gasteiger partial charge < -0.3 is 5.11 Å². The van der Waals surface area contributed by atoms with Gasteiger partial charge in [-0.2, -0.15) is 9.57 Å². The topological polar surface area (TPSA) is 98.5 Å². The zero-order chi connectivity index (χ0) is 16.5. The van der Waals surface area contributed by atoms with Crippen molar-refractivity contribution in [3.8, 4) is 6.07 Å². The van der Waals surface area contributed by atoms with Crippen molar-refractivity contribution in [2.75, 3.05) is 6.54 Å². The summed E-state index contributed by atoms with van der Waals surface area (Å²) in [5.74, 6) is -1.93. The number of piperidine rings is 1. The van der Waals surface area contributed by atoms with Crippen molar-refractivity contribution < 1.29 is 22.7 Å². The Labute approximate surface area is 127 Å². The standard InChI is InChI=1S/C14H15FN2O4S/c1-9-6-11(15)7-10(8-16)13(9)22(20,21)17-5-3-2-4-12(17)14(18)19/h6-7,12H,2-5H2,1H3,(H,18,19). The van der Waals surface area contributed by atoms with Gasteiger partial charge in [-0.25, -0.2) is 12.8 Å². The molecule has 0 spiro atoms. The molecular weight excluding hydrogens is 311 g/mol. The fourth-order valence-electron chi connectivity index (χ4n) is 2.71. The van der Waals surface area contributed by atoms with Gasteiger partial charge >= 0.3 is 5.97 Å². The van der Waals surface area contributed by atoms with Crippen LogP contribution in [0, 0.1) is 24.1 Å². The molecular formula is C14H15FN2O4S. The van der Waals surface area contributed by atoms with Crippen LogP contribution in [-0.4, -0.2) is 36.4 Å². The van der Waals surface area contributed by atoms with Gasteiger partial charge in [0.15, 0.2) is 0 Å². The van der Waals surface area contributed by atoms with Gasteiger partial charge in [-0.3, -0.25) is 4.79 Å². The lowest BCUT2D eigenvalue weighted by Crippen LogP contribution is -2.48. The molecule has 1 fully saturated rings. The van der Waals surface area contributed by atoms with Gasteiger partial charge in [0, 0.05) is 6.54 Å². The second kappa shape index (κ2) is 6.02. The maximum Gasteiger partial charge on any atom is 0.322 e. The molecule has 1 saturated heterocycles. The van der Waals surface area contributed by atoms with Crippen LogP contribution < -0.4 is 0 Å². The van der Waals surface area contributed by atoms with E-state index >= 15 is 0 Å². The van der Waals surface area contributed by atoms with Crippen LogP contribution in [0.2, 0.25) is 0 Å². The summed E-state index contributed by atoms with van der Waals surface area (Å²) in [5.41, 5.74) is -0.224. The molecule has 0 saturated carbocycles. The zero-order valence-electron chi connectivity index (χ0n) is 11.9. The quantitative estimate of drug-likeness (QED) is 0.910. The lowest BCUT2D eigenvalue weighted by atomic mass is 10.1. The minimum Gasteiger partial charge on any atom is -0.480 e. The van der Waals surface area contributed by atoms with E-state index in [9.17, 15) is 22.7 Å². The van der Waals surface area contributed by atoms with Gasteiger partial charge in [-0.15, -0.1) is 0 Å². The Bertz CT molecular complexity index is 755. The minimum absolute atomic E-state index is 0.0704. The van der Waals surface area contributed by atoms with Crippen LogP contribution in [0.3, 0.4) is 0 Å². The summed E-state index contributed by atoms with van der Waals surface area (Å²) < 4.78 is 39.9. The average Bonchev–Trinajstić information content (AvgIpc) is 2.45. The molecule has 0 aromatic heterocycles. The Morgan fingerprint density at radius 3 is 2.73 bits per heavy atom. The first-order chi connectivity index (χ1) is 10.3. The fraction of sp³-hybridized carbons (Fsp3) is 0.429. The van der Waals surface area contributed by atoms with Crippen molar-refractivity contribution in [2.24, 2.45) is 0 Å². The molecule has 0 aliphatic carbocycles. The average molecular weight is 326 g/mol. The molecule has 1 aliphatic rings. The van der Waals surface area contributed by atoms with E-state index in [4.69, 9.17) is 5.26 Å². The van der Waals surface area contributed by atoms with Crippen molar-refractivity contribution in [1.82, 2.24) is 4.31 Å². The third-order valence-corrected chi connectivity index (χ3v) is 5.78. The van der Waals surface area contributed by atoms with Crippen molar-refractivity contribution in [1.29, 1.82) is 5.26 Å². The lowest BCUT2D eigenvalue weighted by Gasteiger charge is -2.32. The molecule has 22 heavy (non-hydrogen) atoms. The predicted octanol–water partition coefficient (Wildman–Crippen LogP) is 1.63. The molecule has 6 nitrogen and oxygen atoms in total. The highest BCUT2D eigenvalue weighted by Crippen LogP contribution is 2.30. The van der Waals surface area contributed by atoms with Crippen LogP contribution in [0.15, 0.2) is 17.0 Å². The van der Waals surface area contributed by atoms with Crippen LogP contribution in [0.4, 0.5) is 4.39 Å². The maximum atomic E-state index is 13.4. The number of hydrogen-bond donors (Lipinski definition) is 1. The number of carboxylic acids is 1. The second-order valence-corrected chi connectivity index (χ2v) is 7.00. The van der Waals surface area contributed by atoms with E-state index in [1.807, 2.05) is 0 Å². The normalized spacial score (nSPS) is 19.6. The van der Waals surface area contributed by atoms with Crippen molar-refractivity contribution >= 4 is 16.0 Å². The third-order valence-electron chi connectivity index (χ3n) is 3.67. The Balaban J connectivity index is 2.60. The van der Waals surface area contributed by atoms with E-state index in [2.05, 4.69) is 0 Å². The number of carbonyl (C=O) groups is 1. The molecule has 0 amide bonds. The molecule has 1 unspecified atom stereocenters. The summed E-state index contributed by atoms with van der Waals surface area (Å²) in [6.45, 7) is 1.46. The molecule has 2 rings (SSSR count). The SMILES string of the molecule is Cc1cc(F)cc(C#N)c1S(=O)(=O)N1CCCCC1C(=O)O. The molecule has 118 valence electrons.